The van der Waals surface area contributed by atoms with Gasteiger partial charge in [0.15, 0.2) is 0 Å². The molecule has 1 aromatic heterocycles. The molecular weight excluding hydrogens is 302 g/mol. The number of aromatic nitrogens is 2. The fraction of sp³-hybridized carbons (Fsp3) is 0.368. The number of hydrogen-bond acceptors (Lipinski definition) is 3. The van der Waals surface area contributed by atoms with Gasteiger partial charge < -0.3 is 9.64 Å². The predicted molar refractivity (Wildman–Crippen MR) is 91.2 cm³/mol. The van der Waals surface area contributed by atoms with Gasteiger partial charge in [-0.05, 0) is 36.1 Å². The average Bonchev–Trinajstić information content (AvgIpc) is 3.18. The van der Waals surface area contributed by atoms with Crippen LogP contribution in [0, 0.1) is 0 Å². The number of carbonyl (C=O) groups excluding carboxylic acids is 1. The van der Waals surface area contributed by atoms with Crippen molar-refractivity contribution in [2.45, 2.75) is 18.4 Å². The van der Waals surface area contributed by atoms with Crippen molar-refractivity contribution in [3.05, 3.63) is 59.4 Å². The second kappa shape index (κ2) is 5.91. The molecule has 2 aromatic rings. The van der Waals surface area contributed by atoms with Crippen LogP contribution in [0.25, 0.3) is 6.08 Å². The summed E-state index contributed by atoms with van der Waals surface area (Å²) in [6.45, 7) is 1.84. The van der Waals surface area contributed by atoms with Crippen molar-refractivity contribution in [1.29, 1.82) is 0 Å². The van der Waals surface area contributed by atoms with Gasteiger partial charge in [-0.3, -0.25) is 9.48 Å². The number of morpholine rings is 1. The van der Waals surface area contributed by atoms with E-state index in [0.29, 0.717) is 19.7 Å². The molecule has 1 fully saturated rings. The fourth-order valence-corrected chi connectivity index (χ4v) is 3.75. The number of fused-ring (bicyclic) bond motifs is 2. The van der Waals surface area contributed by atoms with E-state index < -0.39 is 0 Å². The van der Waals surface area contributed by atoms with Crippen LogP contribution in [0.4, 0.5) is 0 Å². The molecule has 24 heavy (non-hydrogen) atoms. The lowest BCUT2D eigenvalue weighted by atomic mass is 9.93. The molecule has 1 unspecified atom stereocenters. The molecule has 1 amide bonds. The van der Waals surface area contributed by atoms with E-state index >= 15 is 0 Å². The lowest BCUT2D eigenvalue weighted by molar-refractivity contribution is -0.147. The summed E-state index contributed by atoms with van der Waals surface area (Å²) in [5.74, 6) is 0.0308. The van der Waals surface area contributed by atoms with Gasteiger partial charge in [-0.25, -0.2) is 0 Å². The van der Waals surface area contributed by atoms with Crippen molar-refractivity contribution in [1.82, 2.24) is 14.7 Å². The number of amides is 1. The van der Waals surface area contributed by atoms with Crippen LogP contribution in [0.1, 0.15) is 23.2 Å². The molecular formula is C19H21N3O2. The van der Waals surface area contributed by atoms with Crippen LogP contribution in [0.3, 0.4) is 0 Å². The summed E-state index contributed by atoms with van der Waals surface area (Å²) in [6, 6.07) is 10.3. The Morgan fingerprint density at radius 1 is 1.33 bits per heavy atom. The third-order valence-corrected chi connectivity index (χ3v) is 5.06. The van der Waals surface area contributed by atoms with Crippen molar-refractivity contribution in [3.8, 4) is 0 Å². The molecule has 1 atom stereocenters. The highest BCUT2D eigenvalue weighted by Gasteiger charge is 2.43. The summed E-state index contributed by atoms with van der Waals surface area (Å²) in [6.07, 6.45) is 7.14. The molecule has 0 radical (unpaired) electrons. The number of hydrogen-bond donors (Lipinski definition) is 0. The van der Waals surface area contributed by atoms with E-state index in [9.17, 15) is 4.79 Å². The first-order valence-electron chi connectivity index (χ1n) is 8.35. The Hall–Kier alpha value is -2.40. The summed E-state index contributed by atoms with van der Waals surface area (Å²) >= 11 is 0. The molecule has 5 heteroatoms. The van der Waals surface area contributed by atoms with E-state index in [-0.39, 0.29) is 11.5 Å². The molecule has 0 bridgehead atoms. The average molecular weight is 323 g/mol. The van der Waals surface area contributed by atoms with Crippen molar-refractivity contribution in [2.24, 2.45) is 7.05 Å². The number of ether oxygens (including phenoxy) is 1. The highest BCUT2D eigenvalue weighted by Crippen LogP contribution is 2.42. The highest BCUT2D eigenvalue weighted by molar-refractivity contribution is 5.91. The summed E-state index contributed by atoms with van der Waals surface area (Å²) in [7, 11) is 1.86. The molecule has 4 rings (SSSR count). The van der Waals surface area contributed by atoms with Crippen LogP contribution in [0.2, 0.25) is 0 Å². The maximum absolute atomic E-state index is 12.6. The molecule has 2 heterocycles. The standard InChI is InChI=1S/C19H21N3O2/c1-21-16(9-11-20-21)6-7-18(23)22-12-13-24-19(14-22)10-8-15-4-2-3-5-17(15)19/h2-7,9,11H,8,10,12-14H2,1H3/b7-6+. The second-order valence-corrected chi connectivity index (χ2v) is 6.47. The smallest absolute Gasteiger partial charge is 0.246 e. The Labute approximate surface area is 141 Å². The summed E-state index contributed by atoms with van der Waals surface area (Å²) < 4.78 is 7.92. The number of aryl methyl sites for hydroxylation is 2. The van der Waals surface area contributed by atoms with E-state index in [1.165, 1.54) is 11.1 Å². The minimum atomic E-state index is -0.328. The van der Waals surface area contributed by atoms with Gasteiger partial charge in [0.2, 0.25) is 5.91 Å². The first-order valence-corrected chi connectivity index (χ1v) is 8.35. The van der Waals surface area contributed by atoms with Gasteiger partial charge in [-0.1, -0.05) is 24.3 Å². The second-order valence-electron chi connectivity index (χ2n) is 6.47. The first kappa shape index (κ1) is 15.1. The predicted octanol–water partition coefficient (Wildman–Crippen LogP) is 2.13. The normalized spacial score (nSPS) is 23.1. The first-order chi connectivity index (χ1) is 11.7. The maximum Gasteiger partial charge on any atom is 0.246 e. The van der Waals surface area contributed by atoms with Gasteiger partial charge in [0.1, 0.15) is 5.60 Å². The lowest BCUT2D eigenvalue weighted by Gasteiger charge is -2.40. The van der Waals surface area contributed by atoms with Crippen LogP contribution >= 0.6 is 0 Å². The number of rotatable bonds is 2. The quantitative estimate of drug-likeness (QED) is 0.796. The number of carbonyl (C=O) groups is 1. The molecule has 1 aromatic carbocycles. The third kappa shape index (κ3) is 2.55. The van der Waals surface area contributed by atoms with E-state index in [0.717, 1.165) is 18.5 Å². The zero-order chi connectivity index (χ0) is 16.6. The zero-order valence-electron chi connectivity index (χ0n) is 13.8. The van der Waals surface area contributed by atoms with E-state index in [1.807, 2.05) is 24.1 Å². The Morgan fingerprint density at radius 2 is 2.21 bits per heavy atom. The molecule has 1 saturated heterocycles. The van der Waals surface area contributed by atoms with Gasteiger partial charge in [0.25, 0.3) is 0 Å². The monoisotopic (exact) mass is 323 g/mol. The van der Waals surface area contributed by atoms with Crippen LogP contribution in [0.15, 0.2) is 42.6 Å². The Bertz CT molecular complexity index is 791. The molecule has 0 N–H and O–H groups in total. The minimum Gasteiger partial charge on any atom is -0.367 e. The Balaban J connectivity index is 1.53. The summed E-state index contributed by atoms with van der Waals surface area (Å²) in [5, 5.41) is 4.11. The van der Waals surface area contributed by atoms with Crippen molar-refractivity contribution >= 4 is 12.0 Å². The van der Waals surface area contributed by atoms with Gasteiger partial charge in [0.05, 0.1) is 18.8 Å². The largest absolute Gasteiger partial charge is 0.367 e. The molecule has 1 aliphatic carbocycles. The number of nitrogens with zero attached hydrogens (tertiary/aromatic N) is 3. The van der Waals surface area contributed by atoms with Crippen molar-refractivity contribution < 1.29 is 9.53 Å². The van der Waals surface area contributed by atoms with Crippen molar-refractivity contribution in [2.75, 3.05) is 19.7 Å². The molecule has 0 saturated carbocycles. The van der Waals surface area contributed by atoms with Crippen LogP contribution in [-0.4, -0.2) is 40.3 Å². The van der Waals surface area contributed by atoms with E-state index in [2.05, 4.69) is 29.4 Å². The lowest BCUT2D eigenvalue weighted by Crippen LogP contribution is -2.50. The maximum atomic E-state index is 12.6. The van der Waals surface area contributed by atoms with Crippen LogP contribution in [-0.2, 0) is 28.6 Å². The molecule has 2 aliphatic rings. The number of benzene rings is 1. The van der Waals surface area contributed by atoms with E-state index in [4.69, 9.17) is 4.74 Å². The summed E-state index contributed by atoms with van der Waals surface area (Å²) in [4.78, 5) is 14.5. The van der Waals surface area contributed by atoms with Gasteiger partial charge >= 0.3 is 0 Å². The molecule has 1 aliphatic heterocycles. The van der Waals surface area contributed by atoms with Crippen LogP contribution < -0.4 is 0 Å². The minimum absolute atomic E-state index is 0.0308. The van der Waals surface area contributed by atoms with Gasteiger partial charge in [-0.15, -0.1) is 0 Å². The Morgan fingerprint density at radius 3 is 3.04 bits per heavy atom. The van der Waals surface area contributed by atoms with Gasteiger partial charge in [0, 0.05) is 25.9 Å². The highest BCUT2D eigenvalue weighted by atomic mass is 16.5. The zero-order valence-corrected chi connectivity index (χ0v) is 13.8. The SMILES string of the molecule is Cn1nccc1/C=C/C(=O)N1CCOC2(CCc3ccccc32)C1. The van der Waals surface area contributed by atoms with Crippen LogP contribution in [0.5, 0.6) is 0 Å². The Kier molecular flexibility index (Phi) is 3.73. The van der Waals surface area contributed by atoms with Crippen molar-refractivity contribution in [3.63, 3.8) is 0 Å². The third-order valence-electron chi connectivity index (χ3n) is 5.06. The molecule has 124 valence electrons. The topological polar surface area (TPSA) is 47.4 Å². The summed E-state index contributed by atoms with van der Waals surface area (Å²) in [5.41, 5.74) is 3.18. The van der Waals surface area contributed by atoms with Gasteiger partial charge in [-0.2, -0.15) is 5.10 Å². The fourth-order valence-electron chi connectivity index (χ4n) is 3.75. The molecule has 5 nitrogen and oxygen atoms in total. The van der Waals surface area contributed by atoms with E-state index in [1.54, 1.807) is 17.0 Å². The molecule has 1 spiro atoms.